The number of carbonyl (C=O) groups is 1. The molecule has 1 aromatic rings. The molecule has 6 nitrogen and oxygen atoms in total. The average Bonchev–Trinajstić information content (AvgIpc) is 2.88. The van der Waals surface area contributed by atoms with E-state index in [1.807, 2.05) is 6.92 Å². The molecular weight excluding hydrogens is 288 g/mol. The second-order valence-electron chi connectivity index (χ2n) is 5.71. The molecule has 1 heterocycles. The van der Waals surface area contributed by atoms with Crippen LogP contribution in [0.4, 0.5) is 0 Å². The first-order valence-corrected chi connectivity index (χ1v) is 8.04. The van der Waals surface area contributed by atoms with Crippen LogP contribution in [0.15, 0.2) is 12.8 Å². The highest BCUT2D eigenvalue weighted by Crippen LogP contribution is 2.22. The van der Waals surface area contributed by atoms with Gasteiger partial charge in [0.1, 0.15) is 11.7 Å². The monoisotopic (exact) mass is 312 g/mol. The minimum Gasteiger partial charge on any atom is -0.480 e. The number of rotatable bonds is 9. The lowest BCUT2D eigenvalue weighted by Gasteiger charge is -2.23. The summed E-state index contributed by atoms with van der Waals surface area (Å²) in [4.78, 5) is 12.3. The van der Waals surface area contributed by atoms with Crippen molar-refractivity contribution in [3.05, 3.63) is 18.5 Å². The Bertz CT molecular complexity index is 499. The molecule has 3 N–H and O–H groups in total. The highest BCUT2D eigenvalue weighted by atomic mass is 32.2. The number of hydrogen-bond acceptors (Lipinski definition) is 5. The molecule has 0 saturated carbocycles. The fourth-order valence-electron chi connectivity index (χ4n) is 1.61. The van der Waals surface area contributed by atoms with Crippen LogP contribution in [0.25, 0.3) is 5.57 Å². The molecular formula is C14H24N4O2S. The lowest BCUT2D eigenvalue weighted by atomic mass is 10.0. The summed E-state index contributed by atoms with van der Waals surface area (Å²) in [5.74, 6) is 0.708. The number of aliphatic carboxylic acids is 1. The predicted octanol–water partition coefficient (Wildman–Crippen LogP) is 1.97. The van der Waals surface area contributed by atoms with Crippen LogP contribution >= 0.6 is 11.8 Å². The van der Waals surface area contributed by atoms with Gasteiger partial charge in [0.05, 0.1) is 11.7 Å². The molecule has 0 aromatic carbocycles. The first kappa shape index (κ1) is 17.7. The molecule has 0 aliphatic carbocycles. The molecule has 1 unspecified atom stereocenters. The van der Waals surface area contributed by atoms with Gasteiger partial charge in [0.15, 0.2) is 0 Å². The third-order valence-corrected chi connectivity index (χ3v) is 4.24. The molecule has 0 aliphatic heterocycles. The van der Waals surface area contributed by atoms with E-state index in [2.05, 4.69) is 30.6 Å². The molecule has 1 atom stereocenters. The molecule has 0 aliphatic rings. The first-order valence-electron chi connectivity index (χ1n) is 6.89. The quantitative estimate of drug-likeness (QED) is 0.677. The molecule has 7 heteroatoms. The van der Waals surface area contributed by atoms with E-state index in [4.69, 9.17) is 10.8 Å². The van der Waals surface area contributed by atoms with Crippen molar-refractivity contribution in [3.63, 3.8) is 0 Å². The summed E-state index contributed by atoms with van der Waals surface area (Å²) in [5, 5.41) is 17.4. The fraction of sp³-hybridized carbons (Fsp3) is 0.643. The molecule has 0 fully saturated rings. The lowest BCUT2D eigenvalue weighted by molar-refractivity contribution is -0.138. The summed E-state index contributed by atoms with van der Waals surface area (Å²) in [7, 11) is 0. The van der Waals surface area contributed by atoms with Gasteiger partial charge in [-0.15, -0.1) is 0 Å². The van der Waals surface area contributed by atoms with Crippen molar-refractivity contribution in [1.29, 1.82) is 0 Å². The van der Waals surface area contributed by atoms with E-state index in [1.54, 1.807) is 22.8 Å². The van der Waals surface area contributed by atoms with Crippen molar-refractivity contribution in [2.24, 2.45) is 5.73 Å². The Morgan fingerprint density at radius 1 is 1.57 bits per heavy atom. The number of nitrogens with two attached hydrogens (primary N) is 1. The van der Waals surface area contributed by atoms with Crippen LogP contribution in [-0.4, -0.2) is 43.6 Å². The zero-order valence-electron chi connectivity index (χ0n) is 12.9. The van der Waals surface area contributed by atoms with Gasteiger partial charge in [-0.2, -0.15) is 26.8 Å². The SMILES string of the molecule is C=C(C)c1cnn(C(C)(C)CCSCCC(N)C(=O)O)n1. The number of carboxylic acid groups (broad SMARTS) is 1. The molecule has 0 radical (unpaired) electrons. The standard InChI is InChI=1S/C14H24N4O2S/c1-10(2)12-9-16-18(17-12)14(3,4)6-8-21-7-5-11(15)13(19)20/h9,11H,1,5-8,15H2,2-4H3,(H,19,20). The minimum atomic E-state index is -0.941. The van der Waals surface area contributed by atoms with Crippen LogP contribution in [0.3, 0.4) is 0 Å². The van der Waals surface area contributed by atoms with Gasteiger partial charge in [-0.25, -0.2) is 0 Å². The van der Waals surface area contributed by atoms with E-state index in [9.17, 15) is 4.79 Å². The maximum Gasteiger partial charge on any atom is 0.320 e. The van der Waals surface area contributed by atoms with Gasteiger partial charge in [-0.3, -0.25) is 4.79 Å². The summed E-state index contributed by atoms with van der Waals surface area (Å²) in [5.41, 5.74) is 6.98. The minimum absolute atomic E-state index is 0.185. The van der Waals surface area contributed by atoms with Crippen LogP contribution in [0.2, 0.25) is 0 Å². The van der Waals surface area contributed by atoms with Gasteiger partial charge in [-0.05, 0) is 50.7 Å². The van der Waals surface area contributed by atoms with Crippen molar-refractivity contribution < 1.29 is 9.90 Å². The number of thioether (sulfide) groups is 1. The van der Waals surface area contributed by atoms with Crippen molar-refractivity contribution >= 4 is 23.3 Å². The van der Waals surface area contributed by atoms with E-state index in [1.165, 1.54) is 0 Å². The Hall–Kier alpha value is -1.34. The molecule has 0 bridgehead atoms. The Labute approximate surface area is 129 Å². The van der Waals surface area contributed by atoms with Gasteiger partial charge in [0.25, 0.3) is 0 Å². The Balaban J connectivity index is 2.39. The normalized spacial score (nSPS) is 13.1. The summed E-state index contributed by atoms with van der Waals surface area (Å²) < 4.78 is 0. The zero-order chi connectivity index (χ0) is 16.0. The van der Waals surface area contributed by atoms with Crippen molar-refractivity contribution in [2.75, 3.05) is 11.5 Å². The highest BCUT2D eigenvalue weighted by molar-refractivity contribution is 7.99. The summed E-state index contributed by atoms with van der Waals surface area (Å²) in [6.07, 6.45) is 3.10. The molecule has 1 rings (SSSR count). The van der Waals surface area contributed by atoms with Crippen LogP contribution in [0, 0.1) is 0 Å². The summed E-state index contributed by atoms with van der Waals surface area (Å²) in [6.45, 7) is 9.93. The first-order chi connectivity index (χ1) is 9.74. The molecule has 0 amide bonds. The third kappa shape index (κ3) is 5.51. The van der Waals surface area contributed by atoms with Crippen LogP contribution in [0.5, 0.6) is 0 Å². The topological polar surface area (TPSA) is 94.0 Å². The second kappa shape index (κ2) is 7.61. The zero-order valence-corrected chi connectivity index (χ0v) is 13.7. The molecule has 21 heavy (non-hydrogen) atoms. The summed E-state index contributed by atoms with van der Waals surface area (Å²) >= 11 is 1.70. The third-order valence-electron chi connectivity index (χ3n) is 3.22. The largest absolute Gasteiger partial charge is 0.480 e. The van der Waals surface area contributed by atoms with Crippen LogP contribution in [-0.2, 0) is 10.3 Å². The highest BCUT2D eigenvalue weighted by Gasteiger charge is 2.22. The number of nitrogens with zero attached hydrogens (tertiary/aromatic N) is 3. The predicted molar refractivity (Wildman–Crippen MR) is 86.2 cm³/mol. The number of allylic oxidation sites excluding steroid dienone is 1. The van der Waals surface area contributed by atoms with E-state index in [0.717, 1.165) is 29.2 Å². The van der Waals surface area contributed by atoms with Gasteiger partial charge >= 0.3 is 5.97 Å². The fourth-order valence-corrected chi connectivity index (χ4v) is 2.88. The molecule has 118 valence electrons. The van der Waals surface area contributed by atoms with E-state index >= 15 is 0 Å². The molecule has 0 saturated heterocycles. The van der Waals surface area contributed by atoms with Crippen LogP contribution in [0.1, 0.15) is 39.3 Å². The van der Waals surface area contributed by atoms with E-state index in [-0.39, 0.29) is 5.54 Å². The lowest BCUT2D eigenvalue weighted by Crippen LogP contribution is -2.31. The molecule has 0 spiro atoms. The molecule has 1 aromatic heterocycles. The van der Waals surface area contributed by atoms with E-state index in [0.29, 0.717) is 6.42 Å². The summed E-state index contributed by atoms with van der Waals surface area (Å²) in [6, 6.07) is -0.767. The van der Waals surface area contributed by atoms with Crippen LogP contribution < -0.4 is 5.73 Å². The van der Waals surface area contributed by atoms with Crippen molar-refractivity contribution in [2.45, 2.75) is 45.2 Å². The van der Waals surface area contributed by atoms with Gasteiger partial charge < -0.3 is 10.8 Å². The second-order valence-corrected chi connectivity index (χ2v) is 6.93. The van der Waals surface area contributed by atoms with Crippen molar-refractivity contribution in [1.82, 2.24) is 15.0 Å². The number of carboxylic acids is 1. The maximum atomic E-state index is 10.6. The Morgan fingerprint density at radius 2 is 2.24 bits per heavy atom. The van der Waals surface area contributed by atoms with Gasteiger partial charge in [-0.1, -0.05) is 6.58 Å². The van der Waals surface area contributed by atoms with Crippen molar-refractivity contribution in [3.8, 4) is 0 Å². The Kier molecular flexibility index (Phi) is 6.42. The Morgan fingerprint density at radius 3 is 2.76 bits per heavy atom. The smallest absolute Gasteiger partial charge is 0.320 e. The van der Waals surface area contributed by atoms with E-state index < -0.39 is 12.0 Å². The average molecular weight is 312 g/mol. The van der Waals surface area contributed by atoms with Gasteiger partial charge in [0, 0.05) is 0 Å². The number of aromatic nitrogens is 3. The maximum absolute atomic E-state index is 10.6. The van der Waals surface area contributed by atoms with Gasteiger partial charge in [0.2, 0.25) is 0 Å². The number of hydrogen-bond donors (Lipinski definition) is 2.